The molecule has 1 aromatic carbocycles. The average Bonchev–Trinajstić information content (AvgIpc) is 2.64. The van der Waals surface area contributed by atoms with Crippen LogP contribution in [0.4, 0.5) is 0 Å². The van der Waals surface area contributed by atoms with Crippen LogP contribution >= 0.6 is 47.0 Å². The van der Waals surface area contributed by atoms with Crippen LogP contribution in [0.2, 0.25) is 0 Å². The third-order valence-corrected chi connectivity index (χ3v) is 5.14. The number of hydrogen-bond acceptors (Lipinski definition) is 4. The van der Waals surface area contributed by atoms with E-state index < -0.39 is 0 Å². The van der Waals surface area contributed by atoms with Gasteiger partial charge in [0.1, 0.15) is 0 Å². The van der Waals surface area contributed by atoms with Gasteiger partial charge in [0.25, 0.3) is 0 Å². The number of aromatic nitrogens is 1. The molecule has 1 radical (unpaired) electrons. The van der Waals surface area contributed by atoms with Crippen LogP contribution in [0.5, 0.6) is 0 Å². The molecule has 0 fully saturated rings. The van der Waals surface area contributed by atoms with Gasteiger partial charge < -0.3 is 0 Å². The summed E-state index contributed by atoms with van der Waals surface area (Å²) >= 11 is 6.23. The quantitative estimate of drug-likeness (QED) is 0.513. The van der Waals surface area contributed by atoms with E-state index in [1.807, 2.05) is 0 Å². The SMILES string of the molecule is c1c2c(cc3[s+]nsc13)S[N]S2. The van der Waals surface area contributed by atoms with E-state index in [0.29, 0.717) is 0 Å². The van der Waals surface area contributed by atoms with Crippen molar-refractivity contribution in [3.8, 4) is 0 Å². The summed E-state index contributed by atoms with van der Waals surface area (Å²) < 4.78 is 10.9. The van der Waals surface area contributed by atoms with E-state index in [-0.39, 0.29) is 0 Å². The van der Waals surface area contributed by atoms with Gasteiger partial charge in [0.2, 0.25) is 23.1 Å². The lowest BCUT2D eigenvalue weighted by Gasteiger charge is -1.88. The van der Waals surface area contributed by atoms with Crippen molar-refractivity contribution >= 4 is 56.4 Å². The molecule has 59 valence electrons. The molecule has 3 rings (SSSR count). The predicted octanol–water partition coefficient (Wildman–Crippen LogP) is 3.27. The molecule has 12 heavy (non-hydrogen) atoms. The molecule has 2 aromatic rings. The van der Waals surface area contributed by atoms with Gasteiger partial charge in [-0.25, -0.2) is 0 Å². The van der Waals surface area contributed by atoms with Gasteiger partial charge >= 0.3 is 0 Å². The van der Waals surface area contributed by atoms with Gasteiger partial charge in [0, 0.05) is 9.79 Å². The van der Waals surface area contributed by atoms with Crippen LogP contribution in [0.15, 0.2) is 21.9 Å². The van der Waals surface area contributed by atoms with Crippen LogP contribution < -0.4 is 4.13 Å². The second kappa shape index (κ2) is 2.81. The maximum atomic E-state index is 4.18. The summed E-state index contributed by atoms with van der Waals surface area (Å²) in [6, 6.07) is 4.35. The van der Waals surface area contributed by atoms with Crippen molar-refractivity contribution in [2.75, 3.05) is 0 Å². The Kier molecular flexibility index (Phi) is 1.76. The highest BCUT2D eigenvalue weighted by Crippen LogP contribution is 2.42. The number of rotatable bonds is 0. The van der Waals surface area contributed by atoms with E-state index in [1.165, 1.54) is 19.2 Å². The molecule has 0 bridgehead atoms. The topological polar surface area (TPSA) is 27.0 Å². The first-order valence-corrected chi connectivity index (χ1v) is 6.30. The largest absolute Gasteiger partial charge is 0.209 e. The van der Waals surface area contributed by atoms with Crippen LogP contribution in [-0.2, 0) is 0 Å². The maximum Gasteiger partial charge on any atom is 0.209 e. The molecule has 2 heterocycles. The van der Waals surface area contributed by atoms with Crippen LogP contribution in [0.1, 0.15) is 0 Å². The summed E-state index contributed by atoms with van der Waals surface area (Å²) in [6.07, 6.45) is 0. The standard InChI is InChI=1S/C6H2N2S4/c1-3-5(11-7-9-3)2-6-4(1)10-8-12-6/h1-2H/q+1. The van der Waals surface area contributed by atoms with Gasteiger partial charge in [-0.2, -0.15) is 0 Å². The molecule has 0 unspecified atom stereocenters. The second-order valence-electron chi connectivity index (χ2n) is 2.26. The number of nitrogens with zero attached hydrogens (tertiary/aromatic N) is 2. The Bertz CT molecular complexity index is 400. The summed E-state index contributed by atoms with van der Waals surface area (Å²) in [5.41, 5.74) is 0. The molecule has 0 amide bonds. The van der Waals surface area contributed by atoms with E-state index in [1.54, 1.807) is 47.0 Å². The Hall–Kier alpha value is 0.120. The zero-order valence-corrected chi connectivity index (χ0v) is 8.95. The van der Waals surface area contributed by atoms with Gasteiger partial charge in [-0.05, 0) is 36.0 Å². The van der Waals surface area contributed by atoms with Gasteiger partial charge in [0.05, 0.1) is 3.76 Å². The van der Waals surface area contributed by atoms with Crippen molar-refractivity contribution in [1.82, 2.24) is 7.89 Å². The fourth-order valence-corrected chi connectivity index (χ4v) is 4.46. The Morgan fingerprint density at radius 3 is 2.92 bits per heavy atom. The first-order chi connectivity index (χ1) is 5.93. The van der Waals surface area contributed by atoms with Crippen LogP contribution in [0.25, 0.3) is 9.40 Å². The molecule has 0 saturated carbocycles. The fourth-order valence-electron chi connectivity index (χ4n) is 1.01. The second-order valence-corrected chi connectivity index (χ2v) is 5.94. The monoisotopic (exact) mass is 230 g/mol. The van der Waals surface area contributed by atoms with Crippen LogP contribution in [-0.4, -0.2) is 3.76 Å². The first kappa shape index (κ1) is 7.52. The normalized spacial score (nSPS) is 15.3. The van der Waals surface area contributed by atoms with Gasteiger partial charge in [-0.3, -0.25) is 0 Å². The lowest BCUT2D eigenvalue weighted by molar-refractivity contribution is 1.31. The Balaban J connectivity index is 2.38. The molecule has 0 N–H and O–H groups in total. The lowest BCUT2D eigenvalue weighted by Crippen LogP contribution is -1.68. The molecule has 0 saturated heterocycles. The highest BCUT2D eigenvalue weighted by molar-refractivity contribution is 8.15. The maximum absolute atomic E-state index is 4.18. The Morgan fingerprint density at radius 2 is 2.00 bits per heavy atom. The molecule has 2 nitrogen and oxygen atoms in total. The number of hydrogen-bond donors (Lipinski definition) is 0. The van der Waals surface area contributed by atoms with E-state index >= 15 is 0 Å². The minimum atomic E-state index is 1.27. The van der Waals surface area contributed by atoms with Crippen molar-refractivity contribution < 1.29 is 0 Å². The van der Waals surface area contributed by atoms with Crippen molar-refractivity contribution in [3.63, 3.8) is 0 Å². The summed E-state index contributed by atoms with van der Waals surface area (Å²) in [6.45, 7) is 0. The summed E-state index contributed by atoms with van der Waals surface area (Å²) in [5, 5.41) is 0. The molecule has 6 heteroatoms. The van der Waals surface area contributed by atoms with Crippen molar-refractivity contribution in [2.24, 2.45) is 0 Å². The van der Waals surface area contributed by atoms with E-state index in [9.17, 15) is 0 Å². The predicted molar refractivity (Wildman–Crippen MR) is 55.8 cm³/mol. The minimum Gasteiger partial charge on any atom is -0.0967 e. The van der Waals surface area contributed by atoms with Gasteiger partial charge in [0.15, 0.2) is 9.40 Å². The van der Waals surface area contributed by atoms with Crippen LogP contribution in [0.3, 0.4) is 0 Å². The smallest absolute Gasteiger partial charge is 0.0967 e. The number of benzene rings is 1. The van der Waals surface area contributed by atoms with Crippen LogP contribution in [0, 0.1) is 0 Å². The molecular weight excluding hydrogens is 228 g/mol. The third-order valence-electron chi connectivity index (χ3n) is 1.55. The van der Waals surface area contributed by atoms with Gasteiger partial charge in [-0.15, -0.1) is 0 Å². The average molecular weight is 230 g/mol. The third kappa shape index (κ3) is 1.06. The highest BCUT2D eigenvalue weighted by Gasteiger charge is 2.19. The van der Waals surface area contributed by atoms with E-state index in [4.69, 9.17) is 0 Å². The summed E-state index contributed by atoms with van der Waals surface area (Å²) in [4.78, 5) is 2.54. The number of fused-ring (bicyclic) bond motifs is 2. The Morgan fingerprint density at radius 1 is 1.17 bits per heavy atom. The van der Waals surface area contributed by atoms with Crippen molar-refractivity contribution in [2.45, 2.75) is 9.79 Å². The molecule has 1 aromatic heterocycles. The minimum absolute atomic E-state index is 1.27. The zero-order chi connectivity index (χ0) is 7.97. The van der Waals surface area contributed by atoms with E-state index in [0.717, 1.165) is 0 Å². The molecule has 1 aliphatic rings. The molecular formula is C6H2N2S4+. The molecule has 0 atom stereocenters. The summed E-state index contributed by atoms with van der Waals surface area (Å²) in [7, 11) is 0. The summed E-state index contributed by atoms with van der Waals surface area (Å²) in [5.74, 6) is 0. The lowest BCUT2D eigenvalue weighted by atomic mass is 10.4. The van der Waals surface area contributed by atoms with Gasteiger partial charge in [-0.1, -0.05) is 4.13 Å². The fraction of sp³-hybridized carbons (Fsp3) is 0. The molecule has 0 spiro atoms. The molecule has 1 aliphatic heterocycles. The van der Waals surface area contributed by atoms with Crippen molar-refractivity contribution in [1.29, 1.82) is 0 Å². The zero-order valence-electron chi connectivity index (χ0n) is 5.68. The van der Waals surface area contributed by atoms with Crippen molar-refractivity contribution in [3.05, 3.63) is 12.1 Å². The Labute approximate surface area is 86.0 Å². The highest BCUT2D eigenvalue weighted by atomic mass is 32.2. The van der Waals surface area contributed by atoms with E-state index in [2.05, 4.69) is 20.0 Å². The first-order valence-electron chi connectivity index (χ1n) is 3.20. The molecule has 0 aliphatic carbocycles.